The molecule has 0 radical (unpaired) electrons. The minimum absolute atomic E-state index is 0.0220. The van der Waals surface area contributed by atoms with E-state index in [-0.39, 0.29) is 46.9 Å². The number of carbonyl (C=O) groups excluding carboxylic acids is 2. The van der Waals surface area contributed by atoms with Crippen molar-refractivity contribution in [2.75, 3.05) is 26.3 Å². The first kappa shape index (κ1) is 23.1. The third kappa shape index (κ3) is 4.39. The summed E-state index contributed by atoms with van der Waals surface area (Å²) in [7, 11) is 0. The molecule has 8 nitrogen and oxygen atoms in total. The van der Waals surface area contributed by atoms with Gasteiger partial charge in [-0.15, -0.1) is 0 Å². The van der Waals surface area contributed by atoms with Crippen LogP contribution < -0.4 is 5.32 Å². The molecule has 0 aromatic carbocycles. The predicted molar refractivity (Wildman–Crippen MR) is 119 cm³/mol. The van der Waals surface area contributed by atoms with E-state index in [1.54, 1.807) is 0 Å². The molecule has 2 heterocycles. The number of hydrogen-bond donors (Lipinski definition) is 2. The summed E-state index contributed by atoms with van der Waals surface area (Å²) in [6.07, 6.45) is 7.57. The van der Waals surface area contributed by atoms with Crippen LogP contribution in [0.5, 0.6) is 0 Å². The number of nitrogens with one attached hydrogen (secondary N) is 1. The van der Waals surface area contributed by atoms with Crippen LogP contribution in [-0.2, 0) is 9.53 Å². The smallest absolute Gasteiger partial charge is 0.254 e. The number of aliphatic hydroxyl groups is 1. The Kier molecular flexibility index (Phi) is 6.81. The van der Waals surface area contributed by atoms with E-state index < -0.39 is 6.10 Å². The molecule has 8 heteroatoms. The standard InChI is InChI=1S/C24H36N4O4/c1-15(23(31)28-8-10-32-11-9-28)18-4-6-24(3)7-5-19(16(2)20(24)21(18)29)27-22(30)17-12-25-14-26-13-17/h12-16,18-21,29H,4-11H2,1-3H3,(H,27,30)/t15-,16-,18+,19-,20+,21-,24+/m0/s1. The molecule has 4 rings (SSSR count). The highest BCUT2D eigenvalue weighted by Crippen LogP contribution is 2.55. The van der Waals surface area contributed by atoms with Crippen LogP contribution in [0.25, 0.3) is 0 Å². The summed E-state index contributed by atoms with van der Waals surface area (Å²) in [5.41, 5.74) is 0.466. The maximum atomic E-state index is 13.1. The maximum absolute atomic E-state index is 13.1. The highest BCUT2D eigenvalue weighted by Gasteiger charge is 2.54. The van der Waals surface area contributed by atoms with Crippen molar-refractivity contribution >= 4 is 11.8 Å². The zero-order valence-electron chi connectivity index (χ0n) is 19.4. The number of aliphatic hydroxyl groups excluding tert-OH is 1. The van der Waals surface area contributed by atoms with E-state index in [1.165, 1.54) is 18.7 Å². The van der Waals surface area contributed by atoms with Crippen LogP contribution in [0.4, 0.5) is 0 Å². The Bertz CT molecular complexity index is 815. The second-order valence-electron chi connectivity index (χ2n) is 10.2. The minimum Gasteiger partial charge on any atom is -0.392 e. The Morgan fingerprint density at radius 1 is 1.22 bits per heavy atom. The Morgan fingerprint density at radius 2 is 1.88 bits per heavy atom. The quantitative estimate of drug-likeness (QED) is 0.735. The summed E-state index contributed by atoms with van der Waals surface area (Å²) in [5.74, 6) is -0.209. The molecule has 2 saturated carbocycles. The Labute approximate surface area is 190 Å². The first-order chi connectivity index (χ1) is 15.3. The Balaban J connectivity index is 1.47. The van der Waals surface area contributed by atoms with Gasteiger partial charge >= 0.3 is 0 Å². The lowest BCUT2D eigenvalue weighted by molar-refractivity contribution is -0.153. The maximum Gasteiger partial charge on any atom is 0.254 e. The Morgan fingerprint density at radius 3 is 2.56 bits per heavy atom. The molecule has 2 amide bonds. The van der Waals surface area contributed by atoms with Crippen LogP contribution in [0.15, 0.2) is 18.7 Å². The van der Waals surface area contributed by atoms with E-state index in [4.69, 9.17) is 4.74 Å². The third-order valence-electron chi connectivity index (χ3n) is 8.38. The first-order valence-corrected chi connectivity index (χ1v) is 11.9. The summed E-state index contributed by atoms with van der Waals surface area (Å²) in [6.45, 7) is 8.78. The molecule has 2 N–H and O–H groups in total. The zero-order valence-corrected chi connectivity index (χ0v) is 19.4. The van der Waals surface area contributed by atoms with Crippen LogP contribution in [0.1, 0.15) is 56.8 Å². The Hall–Kier alpha value is -2.06. The number of nitrogens with zero attached hydrogens (tertiary/aromatic N) is 3. The predicted octanol–water partition coefficient (Wildman–Crippen LogP) is 1.89. The van der Waals surface area contributed by atoms with Crippen molar-refractivity contribution in [3.8, 4) is 0 Å². The average Bonchev–Trinajstić information content (AvgIpc) is 2.81. The number of rotatable bonds is 4. The molecule has 0 unspecified atom stereocenters. The summed E-state index contributed by atoms with van der Waals surface area (Å²) in [5, 5.41) is 14.7. The molecule has 3 aliphatic rings. The fourth-order valence-corrected chi connectivity index (χ4v) is 6.42. The number of aromatic nitrogens is 2. The third-order valence-corrected chi connectivity index (χ3v) is 8.38. The van der Waals surface area contributed by atoms with Crippen molar-refractivity contribution in [3.05, 3.63) is 24.3 Å². The van der Waals surface area contributed by atoms with Gasteiger partial charge in [0.25, 0.3) is 5.91 Å². The number of carbonyl (C=O) groups is 2. The van der Waals surface area contributed by atoms with Crippen molar-refractivity contribution in [2.24, 2.45) is 29.1 Å². The number of ether oxygens (including phenoxy) is 1. The van der Waals surface area contributed by atoms with Gasteiger partial charge in [0.15, 0.2) is 0 Å². The second kappa shape index (κ2) is 9.43. The van der Waals surface area contributed by atoms with E-state index in [1.807, 2.05) is 11.8 Å². The largest absolute Gasteiger partial charge is 0.392 e. The van der Waals surface area contributed by atoms with Gasteiger partial charge in [0.05, 0.1) is 24.9 Å². The van der Waals surface area contributed by atoms with Crippen molar-refractivity contribution in [3.63, 3.8) is 0 Å². The van der Waals surface area contributed by atoms with E-state index in [9.17, 15) is 14.7 Å². The lowest BCUT2D eigenvalue weighted by Crippen LogP contribution is -2.59. The lowest BCUT2D eigenvalue weighted by Gasteiger charge is -2.56. The van der Waals surface area contributed by atoms with E-state index in [0.29, 0.717) is 31.9 Å². The van der Waals surface area contributed by atoms with Crippen molar-refractivity contribution in [1.29, 1.82) is 0 Å². The van der Waals surface area contributed by atoms with Gasteiger partial charge in [-0.3, -0.25) is 9.59 Å². The van der Waals surface area contributed by atoms with Crippen LogP contribution in [-0.4, -0.2) is 70.2 Å². The molecule has 7 atom stereocenters. The van der Waals surface area contributed by atoms with Gasteiger partial charge in [0.2, 0.25) is 5.91 Å². The molecule has 176 valence electrons. The van der Waals surface area contributed by atoms with Crippen LogP contribution in [0.2, 0.25) is 0 Å². The topological polar surface area (TPSA) is 105 Å². The van der Waals surface area contributed by atoms with Crippen LogP contribution >= 0.6 is 0 Å². The highest BCUT2D eigenvalue weighted by molar-refractivity contribution is 5.93. The number of fused-ring (bicyclic) bond motifs is 1. The zero-order chi connectivity index (χ0) is 22.9. The molecule has 1 aromatic rings. The normalized spacial score (nSPS) is 36.1. The highest BCUT2D eigenvalue weighted by atomic mass is 16.5. The number of amides is 2. The monoisotopic (exact) mass is 444 g/mol. The van der Waals surface area contributed by atoms with Gasteiger partial charge in [-0.1, -0.05) is 20.8 Å². The van der Waals surface area contributed by atoms with E-state index >= 15 is 0 Å². The second-order valence-corrected chi connectivity index (χ2v) is 10.2. The number of morpholine rings is 1. The first-order valence-electron chi connectivity index (χ1n) is 11.9. The molecule has 0 spiro atoms. The summed E-state index contributed by atoms with van der Waals surface area (Å²) in [6, 6.07) is -0.0283. The molecule has 1 saturated heterocycles. The molecule has 3 fully saturated rings. The SMILES string of the molecule is C[C@@H]1[C@@H]2[C@@H](O)[C@@H]([C@H](C)C(=O)N3CCOCC3)CC[C@]2(C)CC[C@@H]1NC(=O)c1cncnc1. The fraction of sp³-hybridized carbons (Fsp3) is 0.750. The average molecular weight is 445 g/mol. The van der Waals surface area contributed by atoms with Crippen molar-refractivity contribution in [2.45, 2.75) is 58.6 Å². The summed E-state index contributed by atoms with van der Waals surface area (Å²) < 4.78 is 5.38. The lowest BCUT2D eigenvalue weighted by atomic mass is 9.51. The summed E-state index contributed by atoms with van der Waals surface area (Å²) in [4.78, 5) is 35.6. The molecule has 2 aliphatic carbocycles. The molecular weight excluding hydrogens is 408 g/mol. The molecule has 1 aliphatic heterocycles. The van der Waals surface area contributed by atoms with E-state index in [0.717, 1.165) is 25.7 Å². The molecule has 0 bridgehead atoms. The van der Waals surface area contributed by atoms with Gasteiger partial charge < -0.3 is 20.1 Å². The van der Waals surface area contributed by atoms with Crippen LogP contribution in [0.3, 0.4) is 0 Å². The van der Waals surface area contributed by atoms with Gasteiger partial charge in [-0.25, -0.2) is 9.97 Å². The number of hydrogen-bond acceptors (Lipinski definition) is 6. The van der Waals surface area contributed by atoms with Crippen molar-refractivity contribution < 1.29 is 19.4 Å². The summed E-state index contributed by atoms with van der Waals surface area (Å²) >= 11 is 0. The van der Waals surface area contributed by atoms with Crippen LogP contribution in [0, 0.1) is 29.1 Å². The molecule has 1 aromatic heterocycles. The molecule has 32 heavy (non-hydrogen) atoms. The van der Waals surface area contributed by atoms with Gasteiger partial charge in [0.1, 0.15) is 6.33 Å². The van der Waals surface area contributed by atoms with Gasteiger partial charge in [0, 0.05) is 37.4 Å². The fourth-order valence-electron chi connectivity index (χ4n) is 6.42. The van der Waals surface area contributed by atoms with Gasteiger partial charge in [-0.2, -0.15) is 0 Å². The molecular formula is C24H36N4O4. The van der Waals surface area contributed by atoms with Crippen molar-refractivity contribution in [1.82, 2.24) is 20.2 Å². The minimum atomic E-state index is -0.566. The van der Waals surface area contributed by atoms with Gasteiger partial charge in [-0.05, 0) is 48.9 Å². The van der Waals surface area contributed by atoms with E-state index in [2.05, 4.69) is 29.1 Å².